The second kappa shape index (κ2) is 6.27. The number of hydrogen-bond acceptors (Lipinski definition) is 1. The van der Waals surface area contributed by atoms with Crippen molar-refractivity contribution in [3.05, 3.63) is 35.4 Å². The molecule has 0 bridgehead atoms. The first kappa shape index (κ1) is 13.5. The van der Waals surface area contributed by atoms with Crippen LogP contribution in [0.5, 0.6) is 0 Å². The molecule has 0 heterocycles. The summed E-state index contributed by atoms with van der Waals surface area (Å²) in [6, 6.07) is 8.92. The molecule has 2 rings (SSSR count). The van der Waals surface area contributed by atoms with Gasteiger partial charge in [-0.25, -0.2) is 0 Å². The highest BCUT2D eigenvalue weighted by Gasteiger charge is 2.21. The molecule has 1 aromatic rings. The van der Waals surface area contributed by atoms with E-state index >= 15 is 0 Å². The third-order valence-corrected chi connectivity index (χ3v) is 3.58. The van der Waals surface area contributed by atoms with Gasteiger partial charge < -0.3 is 5.73 Å². The summed E-state index contributed by atoms with van der Waals surface area (Å²) in [6.07, 6.45) is 6.76. The van der Waals surface area contributed by atoms with Crippen LogP contribution in [0.4, 0.5) is 0 Å². The van der Waals surface area contributed by atoms with Crippen molar-refractivity contribution in [2.75, 3.05) is 0 Å². The lowest BCUT2D eigenvalue weighted by atomic mass is 9.81. The van der Waals surface area contributed by atoms with Gasteiger partial charge in [-0.2, -0.15) is 0 Å². The summed E-state index contributed by atoms with van der Waals surface area (Å²) in [5.41, 5.74) is 8.98. The van der Waals surface area contributed by atoms with Crippen molar-refractivity contribution in [3.63, 3.8) is 0 Å². The van der Waals surface area contributed by atoms with Crippen molar-refractivity contribution in [1.82, 2.24) is 0 Å². The van der Waals surface area contributed by atoms with E-state index in [-0.39, 0.29) is 18.4 Å². The summed E-state index contributed by atoms with van der Waals surface area (Å²) >= 11 is 0. The molecule has 1 atom stereocenters. The largest absolute Gasteiger partial charge is 0.324 e. The fourth-order valence-corrected chi connectivity index (χ4v) is 2.64. The van der Waals surface area contributed by atoms with E-state index in [9.17, 15) is 0 Å². The predicted molar refractivity (Wildman–Crippen MR) is 71.9 cm³/mol. The lowest BCUT2D eigenvalue weighted by Crippen LogP contribution is -2.23. The highest BCUT2D eigenvalue weighted by molar-refractivity contribution is 5.85. The molecule has 1 aromatic carbocycles. The van der Waals surface area contributed by atoms with Crippen LogP contribution in [0.2, 0.25) is 0 Å². The quantitative estimate of drug-likeness (QED) is 0.830. The van der Waals surface area contributed by atoms with Crippen LogP contribution in [0.25, 0.3) is 0 Å². The fraction of sp³-hybridized carbons (Fsp3) is 0.571. The van der Waals surface area contributed by atoms with E-state index in [1.54, 1.807) is 0 Å². The Morgan fingerprint density at radius 2 is 1.88 bits per heavy atom. The van der Waals surface area contributed by atoms with Gasteiger partial charge in [-0.1, -0.05) is 49.1 Å². The molecule has 0 spiro atoms. The molecule has 1 aliphatic carbocycles. The lowest BCUT2D eigenvalue weighted by Gasteiger charge is -2.27. The first-order valence-corrected chi connectivity index (χ1v) is 6.09. The second-order valence-electron chi connectivity index (χ2n) is 4.84. The van der Waals surface area contributed by atoms with Crippen LogP contribution in [0.1, 0.15) is 49.3 Å². The van der Waals surface area contributed by atoms with Gasteiger partial charge in [0.15, 0.2) is 0 Å². The normalized spacial score (nSPS) is 18.9. The Labute approximate surface area is 105 Å². The van der Waals surface area contributed by atoms with Crippen molar-refractivity contribution in [2.45, 2.75) is 45.1 Å². The van der Waals surface area contributed by atoms with Crippen LogP contribution < -0.4 is 5.73 Å². The predicted octanol–water partition coefficient (Wildman–Crippen LogP) is 4.00. The van der Waals surface area contributed by atoms with Gasteiger partial charge in [-0.05, 0) is 31.2 Å². The molecule has 0 radical (unpaired) electrons. The van der Waals surface area contributed by atoms with Gasteiger partial charge in [0, 0.05) is 6.04 Å². The smallest absolute Gasteiger partial charge is 0.0323 e. The zero-order chi connectivity index (χ0) is 10.7. The Bertz CT molecular complexity index is 318. The van der Waals surface area contributed by atoms with Crippen molar-refractivity contribution >= 4 is 12.4 Å². The van der Waals surface area contributed by atoms with Crippen LogP contribution in [-0.4, -0.2) is 0 Å². The van der Waals surface area contributed by atoms with Gasteiger partial charge in [-0.15, -0.1) is 12.4 Å². The monoisotopic (exact) mass is 239 g/mol. The van der Waals surface area contributed by atoms with Crippen LogP contribution in [-0.2, 0) is 0 Å². The molecule has 0 aliphatic heterocycles. The highest BCUT2D eigenvalue weighted by Crippen LogP contribution is 2.32. The van der Waals surface area contributed by atoms with Gasteiger partial charge in [0.05, 0.1) is 0 Å². The molecule has 0 aromatic heterocycles. The summed E-state index contributed by atoms with van der Waals surface area (Å²) in [4.78, 5) is 0. The number of hydrogen-bond donors (Lipinski definition) is 1. The fourth-order valence-electron chi connectivity index (χ4n) is 2.64. The lowest BCUT2D eigenvalue weighted by molar-refractivity contribution is 0.308. The van der Waals surface area contributed by atoms with Gasteiger partial charge in [-0.3, -0.25) is 0 Å². The number of aryl methyl sites for hydroxylation is 1. The molecule has 16 heavy (non-hydrogen) atoms. The zero-order valence-electron chi connectivity index (χ0n) is 9.99. The molecule has 1 nitrogen and oxygen atoms in total. The molecule has 1 saturated carbocycles. The number of rotatable bonds is 2. The third-order valence-electron chi connectivity index (χ3n) is 3.58. The Morgan fingerprint density at radius 1 is 1.19 bits per heavy atom. The summed E-state index contributed by atoms with van der Waals surface area (Å²) in [7, 11) is 0. The molecule has 90 valence electrons. The van der Waals surface area contributed by atoms with E-state index in [0.717, 1.165) is 0 Å². The Kier molecular flexibility index (Phi) is 5.30. The minimum absolute atomic E-state index is 0. The first-order valence-electron chi connectivity index (χ1n) is 6.09. The highest BCUT2D eigenvalue weighted by atomic mass is 35.5. The Hall–Kier alpha value is -0.530. The van der Waals surface area contributed by atoms with Gasteiger partial charge in [0.1, 0.15) is 0 Å². The molecular formula is C14H22ClN. The standard InChI is InChI=1S/C14H21N.ClH/c1-11-6-5-9-13(10-11)14(15)12-7-3-2-4-8-12;/h5-6,9-10,12,14H,2-4,7-8,15H2,1H3;1H. The van der Waals surface area contributed by atoms with Crippen molar-refractivity contribution in [3.8, 4) is 0 Å². The molecular weight excluding hydrogens is 218 g/mol. The first-order chi connectivity index (χ1) is 7.27. The maximum Gasteiger partial charge on any atom is 0.0323 e. The minimum Gasteiger partial charge on any atom is -0.324 e. The Morgan fingerprint density at radius 3 is 2.50 bits per heavy atom. The van der Waals surface area contributed by atoms with Crippen LogP contribution in [0.3, 0.4) is 0 Å². The maximum atomic E-state index is 6.34. The molecule has 1 unspecified atom stereocenters. The third kappa shape index (κ3) is 3.23. The van der Waals surface area contributed by atoms with Gasteiger partial charge >= 0.3 is 0 Å². The Balaban J connectivity index is 0.00000128. The minimum atomic E-state index is 0. The maximum absolute atomic E-state index is 6.34. The van der Waals surface area contributed by atoms with E-state index in [0.29, 0.717) is 5.92 Å². The molecule has 2 heteroatoms. The van der Waals surface area contributed by atoms with E-state index in [1.165, 1.54) is 43.2 Å². The van der Waals surface area contributed by atoms with E-state index < -0.39 is 0 Å². The second-order valence-corrected chi connectivity index (χ2v) is 4.84. The summed E-state index contributed by atoms with van der Waals surface area (Å²) in [6.45, 7) is 2.14. The number of halogens is 1. The van der Waals surface area contributed by atoms with Crippen molar-refractivity contribution < 1.29 is 0 Å². The van der Waals surface area contributed by atoms with Gasteiger partial charge in [0.2, 0.25) is 0 Å². The number of nitrogens with two attached hydrogens (primary N) is 1. The summed E-state index contributed by atoms with van der Waals surface area (Å²) in [5, 5.41) is 0. The van der Waals surface area contributed by atoms with Gasteiger partial charge in [0.25, 0.3) is 0 Å². The summed E-state index contributed by atoms with van der Waals surface area (Å²) in [5.74, 6) is 0.709. The van der Waals surface area contributed by atoms with Crippen molar-refractivity contribution in [2.24, 2.45) is 11.7 Å². The topological polar surface area (TPSA) is 26.0 Å². The van der Waals surface area contributed by atoms with E-state index in [4.69, 9.17) is 5.73 Å². The summed E-state index contributed by atoms with van der Waals surface area (Å²) < 4.78 is 0. The zero-order valence-corrected chi connectivity index (χ0v) is 10.8. The molecule has 0 amide bonds. The van der Waals surface area contributed by atoms with Crippen LogP contribution in [0.15, 0.2) is 24.3 Å². The molecule has 1 aliphatic rings. The average molecular weight is 240 g/mol. The SMILES string of the molecule is Cc1cccc(C(N)C2CCCCC2)c1.Cl. The van der Waals surface area contributed by atoms with Crippen LogP contribution >= 0.6 is 12.4 Å². The van der Waals surface area contributed by atoms with Crippen LogP contribution in [0, 0.1) is 12.8 Å². The molecule has 2 N–H and O–H groups in total. The molecule has 0 saturated heterocycles. The average Bonchev–Trinajstić information content (AvgIpc) is 2.29. The molecule has 1 fully saturated rings. The van der Waals surface area contributed by atoms with E-state index in [1.807, 2.05) is 0 Å². The van der Waals surface area contributed by atoms with E-state index in [2.05, 4.69) is 31.2 Å². The van der Waals surface area contributed by atoms with Crippen molar-refractivity contribution in [1.29, 1.82) is 0 Å². The number of benzene rings is 1.